The lowest BCUT2D eigenvalue weighted by molar-refractivity contribution is -0.117. The molecule has 0 bridgehead atoms. The molecule has 2 N–H and O–H groups in total. The molecule has 1 atom stereocenters. The predicted molar refractivity (Wildman–Crippen MR) is 79.2 cm³/mol. The first-order chi connectivity index (χ1) is 9.60. The Bertz CT molecular complexity index is 516. The van der Waals surface area contributed by atoms with Gasteiger partial charge < -0.3 is 10.6 Å². The quantitative estimate of drug-likeness (QED) is 0.805. The van der Waals surface area contributed by atoms with Crippen molar-refractivity contribution < 1.29 is 9.59 Å². The van der Waals surface area contributed by atoms with Crippen LogP contribution in [0.3, 0.4) is 0 Å². The SMILES string of the molecule is CNC(=O)c1ccc(/C=C/C(=O)NC(C)C2CC2)cc1. The summed E-state index contributed by atoms with van der Waals surface area (Å²) in [5.74, 6) is 0.468. The number of rotatable bonds is 5. The largest absolute Gasteiger partial charge is 0.355 e. The molecule has 20 heavy (non-hydrogen) atoms. The van der Waals surface area contributed by atoms with Gasteiger partial charge in [-0.05, 0) is 49.5 Å². The van der Waals surface area contributed by atoms with E-state index in [1.54, 1.807) is 25.3 Å². The Morgan fingerprint density at radius 2 is 1.90 bits per heavy atom. The van der Waals surface area contributed by atoms with Crippen LogP contribution in [0.2, 0.25) is 0 Å². The van der Waals surface area contributed by atoms with Crippen molar-refractivity contribution in [2.75, 3.05) is 7.05 Å². The van der Waals surface area contributed by atoms with Gasteiger partial charge in [0, 0.05) is 24.7 Å². The molecule has 1 aliphatic rings. The molecule has 1 aliphatic carbocycles. The highest BCUT2D eigenvalue weighted by Crippen LogP contribution is 2.32. The number of carbonyl (C=O) groups is 2. The van der Waals surface area contributed by atoms with Crippen molar-refractivity contribution in [2.45, 2.75) is 25.8 Å². The molecule has 1 aromatic carbocycles. The van der Waals surface area contributed by atoms with Crippen molar-refractivity contribution >= 4 is 17.9 Å². The molecule has 106 valence electrons. The summed E-state index contributed by atoms with van der Waals surface area (Å²) in [6.07, 6.45) is 5.72. The van der Waals surface area contributed by atoms with Gasteiger partial charge in [0.15, 0.2) is 0 Å². The molecule has 1 unspecified atom stereocenters. The summed E-state index contributed by atoms with van der Waals surface area (Å²) in [5.41, 5.74) is 1.50. The van der Waals surface area contributed by atoms with E-state index in [1.807, 2.05) is 19.1 Å². The summed E-state index contributed by atoms with van der Waals surface area (Å²) in [6, 6.07) is 7.37. The van der Waals surface area contributed by atoms with Crippen molar-refractivity contribution in [2.24, 2.45) is 5.92 Å². The van der Waals surface area contributed by atoms with Gasteiger partial charge in [-0.3, -0.25) is 9.59 Å². The van der Waals surface area contributed by atoms with Crippen LogP contribution < -0.4 is 10.6 Å². The lowest BCUT2D eigenvalue weighted by atomic mass is 10.1. The molecule has 2 amide bonds. The summed E-state index contributed by atoms with van der Waals surface area (Å²) in [6.45, 7) is 2.04. The zero-order valence-electron chi connectivity index (χ0n) is 11.8. The summed E-state index contributed by atoms with van der Waals surface area (Å²) in [7, 11) is 1.60. The second-order valence-corrected chi connectivity index (χ2v) is 5.17. The van der Waals surface area contributed by atoms with E-state index in [0.29, 0.717) is 11.5 Å². The maximum Gasteiger partial charge on any atom is 0.251 e. The van der Waals surface area contributed by atoms with Crippen LogP contribution in [0.25, 0.3) is 6.08 Å². The van der Waals surface area contributed by atoms with Crippen LogP contribution in [0.5, 0.6) is 0 Å². The highest BCUT2D eigenvalue weighted by molar-refractivity contribution is 5.94. The molecule has 2 rings (SSSR count). The topological polar surface area (TPSA) is 58.2 Å². The van der Waals surface area contributed by atoms with Crippen LogP contribution in [-0.4, -0.2) is 24.9 Å². The highest BCUT2D eigenvalue weighted by atomic mass is 16.2. The van der Waals surface area contributed by atoms with Gasteiger partial charge in [0.2, 0.25) is 5.91 Å². The lowest BCUT2D eigenvalue weighted by Crippen LogP contribution is -2.32. The number of amides is 2. The fourth-order valence-electron chi connectivity index (χ4n) is 2.05. The van der Waals surface area contributed by atoms with Gasteiger partial charge in [0.25, 0.3) is 5.91 Å². The average molecular weight is 272 g/mol. The molecule has 1 aromatic rings. The third-order valence-corrected chi connectivity index (χ3v) is 3.53. The van der Waals surface area contributed by atoms with Crippen molar-refractivity contribution in [1.29, 1.82) is 0 Å². The van der Waals surface area contributed by atoms with E-state index in [4.69, 9.17) is 0 Å². The first kappa shape index (κ1) is 14.3. The normalized spacial score (nSPS) is 15.9. The average Bonchev–Trinajstić information content (AvgIpc) is 3.29. The van der Waals surface area contributed by atoms with E-state index in [-0.39, 0.29) is 17.9 Å². The maximum atomic E-state index is 11.7. The smallest absolute Gasteiger partial charge is 0.251 e. The molecule has 4 heteroatoms. The Hall–Kier alpha value is -2.10. The molecule has 4 nitrogen and oxygen atoms in total. The first-order valence-electron chi connectivity index (χ1n) is 6.91. The zero-order valence-corrected chi connectivity index (χ0v) is 11.8. The molecule has 1 saturated carbocycles. The van der Waals surface area contributed by atoms with Gasteiger partial charge in [-0.2, -0.15) is 0 Å². The van der Waals surface area contributed by atoms with Crippen LogP contribution in [0.1, 0.15) is 35.7 Å². The van der Waals surface area contributed by atoms with E-state index in [9.17, 15) is 9.59 Å². The van der Waals surface area contributed by atoms with Crippen molar-refractivity contribution in [3.05, 3.63) is 41.5 Å². The molecular weight excluding hydrogens is 252 g/mol. The highest BCUT2D eigenvalue weighted by Gasteiger charge is 2.28. The number of hydrogen-bond donors (Lipinski definition) is 2. The van der Waals surface area contributed by atoms with Crippen molar-refractivity contribution in [3.8, 4) is 0 Å². The fourth-order valence-corrected chi connectivity index (χ4v) is 2.05. The third-order valence-electron chi connectivity index (χ3n) is 3.53. The summed E-state index contributed by atoms with van der Waals surface area (Å²) >= 11 is 0. The van der Waals surface area contributed by atoms with Gasteiger partial charge in [-0.15, -0.1) is 0 Å². The molecular formula is C16H20N2O2. The number of hydrogen-bond acceptors (Lipinski definition) is 2. The summed E-state index contributed by atoms with van der Waals surface area (Å²) < 4.78 is 0. The van der Waals surface area contributed by atoms with Gasteiger partial charge in [0.1, 0.15) is 0 Å². The lowest BCUT2D eigenvalue weighted by Gasteiger charge is -2.10. The zero-order chi connectivity index (χ0) is 14.5. The van der Waals surface area contributed by atoms with E-state index < -0.39 is 0 Å². The van der Waals surface area contributed by atoms with Crippen LogP contribution >= 0.6 is 0 Å². The molecule has 1 fully saturated rings. The Morgan fingerprint density at radius 3 is 2.45 bits per heavy atom. The Labute approximate surface area is 119 Å². The van der Waals surface area contributed by atoms with E-state index in [2.05, 4.69) is 10.6 Å². The second kappa shape index (κ2) is 6.37. The van der Waals surface area contributed by atoms with Crippen LogP contribution in [-0.2, 0) is 4.79 Å². The minimum atomic E-state index is -0.114. The molecule has 0 spiro atoms. The van der Waals surface area contributed by atoms with Crippen LogP contribution in [0.15, 0.2) is 30.3 Å². The summed E-state index contributed by atoms with van der Waals surface area (Å²) in [5, 5.41) is 5.53. The molecule has 0 aromatic heterocycles. The molecule has 0 aliphatic heterocycles. The maximum absolute atomic E-state index is 11.7. The predicted octanol–water partition coefficient (Wildman–Crippen LogP) is 1.97. The molecule has 0 saturated heterocycles. The van der Waals surface area contributed by atoms with E-state index in [0.717, 1.165) is 5.56 Å². The van der Waals surface area contributed by atoms with Gasteiger partial charge in [-0.25, -0.2) is 0 Å². The Morgan fingerprint density at radius 1 is 1.25 bits per heavy atom. The minimum absolute atomic E-state index is 0.0697. The van der Waals surface area contributed by atoms with E-state index in [1.165, 1.54) is 18.9 Å². The number of nitrogens with one attached hydrogen (secondary N) is 2. The monoisotopic (exact) mass is 272 g/mol. The van der Waals surface area contributed by atoms with Crippen molar-refractivity contribution in [1.82, 2.24) is 10.6 Å². The van der Waals surface area contributed by atoms with Crippen molar-refractivity contribution in [3.63, 3.8) is 0 Å². The Balaban J connectivity index is 1.89. The fraction of sp³-hybridized carbons (Fsp3) is 0.375. The molecule has 0 heterocycles. The number of benzene rings is 1. The van der Waals surface area contributed by atoms with Gasteiger partial charge >= 0.3 is 0 Å². The Kier molecular flexibility index (Phi) is 4.56. The van der Waals surface area contributed by atoms with Crippen LogP contribution in [0.4, 0.5) is 0 Å². The third kappa shape index (κ3) is 3.95. The van der Waals surface area contributed by atoms with Gasteiger partial charge in [0.05, 0.1) is 0 Å². The number of carbonyl (C=O) groups excluding carboxylic acids is 2. The minimum Gasteiger partial charge on any atom is -0.355 e. The second-order valence-electron chi connectivity index (χ2n) is 5.17. The first-order valence-corrected chi connectivity index (χ1v) is 6.91. The van der Waals surface area contributed by atoms with E-state index >= 15 is 0 Å². The van der Waals surface area contributed by atoms with Gasteiger partial charge in [-0.1, -0.05) is 12.1 Å². The summed E-state index contributed by atoms with van der Waals surface area (Å²) in [4.78, 5) is 23.1. The standard InChI is InChI=1S/C16H20N2O2/c1-11(13-8-9-13)18-15(19)10-5-12-3-6-14(7-4-12)16(20)17-2/h3-7,10-11,13H,8-9H2,1-2H3,(H,17,20)(H,18,19)/b10-5+. The van der Waals surface area contributed by atoms with Crippen LogP contribution in [0, 0.1) is 5.92 Å². The molecule has 0 radical (unpaired) electrons.